The van der Waals surface area contributed by atoms with E-state index in [1.807, 2.05) is 20.8 Å². The summed E-state index contributed by atoms with van der Waals surface area (Å²) in [6.45, 7) is 5.47. The van der Waals surface area contributed by atoms with Crippen molar-refractivity contribution in [3.63, 3.8) is 0 Å². The summed E-state index contributed by atoms with van der Waals surface area (Å²) in [6, 6.07) is 6.10. The molecule has 1 rings (SSSR count). The molecular weight excluding hydrogens is 298 g/mol. The van der Waals surface area contributed by atoms with Crippen LogP contribution in [0.2, 0.25) is 0 Å². The number of Topliss-reactive ketones (excluding diaryl/α,β-unsaturated/α-hetero) is 1. The summed E-state index contributed by atoms with van der Waals surface area (Å²) in [5, 5.41) is 11.1. The number of carboxylic acid groups (broad SMARTS) is 1. The summed E-state index contributed by atoms with van der Waals surface area (Å²) in [5.41, 5.74) is 0.00889. The molecule has 0 bridgehead atoms. The smallest absolute Gasteiger partial charge is 0.405 e. The van der Waals surface area contributed by atoms with Gasteiger partial charge in [0.15, 0.2) is 5.78 Å². The Kier molecular flexibility index (Phi) is 4.51. The summed E-state index contributed by atoms with van der Waals surface area (Å²) in [7, 11) is 0. The van der Waals surface area contributed by atoms with Crippen LogP contribution in [-0.2, 0) is 0 Å². The van der Waals surface area contributed by atoms with Crippen LogP contribution in [0.3, 0.4) is 0 Å². The van der Waals surface area contributed by atoms with Gasteiger partial charge in [-0.2, -0.15) is 0 Å². The highest BCUT2D eigenvalue weighted by atomic mass is 79.9. The van der Waals surface area contributed by atoms with E-state index in [1.54, 1.807) is 24.3 Å². The van der Waals surface area contributed by atoms with Crippen LogP contribution in [-0.4, -0.2) is 23.0 Å². The Morgan fingerprint density at radius 1 is 1.22 bits per heavy atom. The minimum atomic E-state index is -1.19. The molecule has 18 heavy (non-hydrogen) atoms. The number of carbonyl (C=O) groups excluding carboxylic acids is 1. The SMILES string of the molecule is CC(C)(C)C(NC(=O)O)C(=O)c1ccc(Br)cc1. The Hall–Kier alpha value is -1.36. The molecule has 1 aromatic carbocycles. The second-order valence-electron chi connectivity index (χ2n) is 5.12. The van der Waals surface area contributed by atoms with E-state index >= 15 is 0 Å². The van der Waals surface area contributed by atoms with Crippen molar-refractivity contribution in [2.75, 3.05) is 0 Å². The van der Waals surface area contributed by atoms with Crippen LogP contribution in [0, 0.1) is 5.41 Å². The molecule has 1 atom stereocenters. The van der Waals surface area contributed by atoms with Crippen molar-refractivity contribution in [2.24, 2.45) is 5.41 Å². The van der Waals surface area contributed by atoms with Crippen molar-refractivity contribution in [1.29, 1.82) is 0 Å². The second kappa shape index (κ2) is 5.52. The largest absolute Gasteiger partial charge is 0.465 e. The maximum Gasteiger partial charge on any atom is 0.405 e. The molecule has 1 aromatic rings. The Bertz CT molecular complexity index is 448. The number of halogens is 1. The van der Waals surface area contributed by atoms with Crippen LogP contribution in [0.25, 0.3) is 0 Å². The van der Waals surface area contributed by atoms with E-state index in [9.17, 15) is 9.59 Å². The van der Waals surface area contributed by atoms with Crippen molar-refractivity contribution in [3.05, 3.63) is 34.3 Å². The van der Waals surface area contributed by atoms with Crippen LogP contribution in [0.1, 0.15) is 31.1 Å². The number of rotatable bonds is 3. The molecule has 0 aliphatic heterocycles. The van der Waals surface area contributed by atoms with E-state index in [2.05, 4.69) is 21.2 Å². The predicted molar refractivity (Wildman–Crippen MR) is 72.9 cm³/mol. The van der Waals surface area contributed by atoms with Gasteiger partial charge in [-0.3, -0.25) is 4.79 Å². The van der Waals surface area contributed by atoms with E-state index in [4.69, 9.17) is 5.11 Å². The van der Waals surface area contributed by atoms with Gasteiger partial charge in [-0.25, -0.2) is 4.79 Å². The van der Waals surface area contributed by atoms with E-state index < -0.39 is 17.6 Å². The molecular formula is C13H16BrNO3. The first-order valence-electron chi connectivity index (χ1n) is 5.51. The number of ketones is 1. The number of carbonyl (C=O) groups is 2. The molecule has 0 aromatic heterocycles. The molecule has 0 spiro atoms. The highest BCUT2D eigenvalue weighted by molar-refractivity contribution is 9.10. The molecule has 0 heterocycles. The van der Waals surface area contributed by atoms with Gasteiger partial charge in [0.2, 0.25) is 0 Å². The van der Waals surface area contributed by atoms with Gasteiger partial charge in [-0.15, -0.1) is 0 Å². The predicted octanol–water partition coefficient (Wildman–Crippen LogP) is 3.31. The van der Waals surface area contributed by atoms with E-state index in [0.29, 0.717) is 5.56 Å². The average Bonchev–Trinajstić information content (AvgIpc) is 2.24. The number of hydrogen-bond donors (Lipinski definition) is 2. The van der Waals surface area contributed by atoms with E-state index in [-0.39, 0.29) is 5.78 Å². The maximum absolute atomic E-state index is 12.3. The minimum absolute atomic E-state index is 0.225. The molecule has 1 unspecified atom stereocenters. The lowest BCUT2D eigenvalue weighted by Gasteiger charge is -2.29. The zero-order chi connectivity index (χ0) is 13.9. The fourth-order valence-electron chi connectivity index (χ4n) is 1.58. The van der Waals surface area contributed by atoms with Crippen molar-refractivity contribution < 1.29 is 14.7 Å². The standard InChI is InChI=1S/C13H16BrNO3/c1-13(2,3)11(15-12(17)18)10(16)8-4-6-9(14)7-5-8/h4-7,11,15H,1-3H3,(H,17,18). The van der Waals surface area contributed by atoms with Gasteiger partial charge >= 0.3 is 6.09 Å². The molecule has 0 fully saturated rings. The molecule has 0 aliphatic carbocycles. The number of benzene rings is 1. The Balaban J connectivity index is 3.02. The fourth-order valence-corrected chi connectivity index (χ4v) is 1.84. The van der Waals surface area contributed by atoms with Crippen LogP contribution in [0.15, 0.2) is 28.7 Å². The molecule has 0 saturated carbocycles. The van der Waals surface area contributed by atoms with Gasteiger partial charge in [0.05, 0.1) is 0 Å². The lowest BCUT2D eigenvalue weighted by atomic mass is 9.82. The van der Waals surface area contributed by atoms with Crippen molar-refractivity contribution in [1.82, 2.24) is 5.32 Å². The molecule has 5 heteroatoms. The van der Waals surface area contributed by atoms with Gasteiger partial charge in [0, 0.05) is 10.0 Å². The van der Waals surface area contributed by atoms with E-state index in [1.165, 1.54) is 0 Å². The van der Waals surface area contributed by atoms with Gasteiger partial charge in [0.1, 0.15) is 6.04 Å². The first-order valence-corrected chi connectivity index (χ1v) is 6.30. The summed E-state index contributed by atoms with van der Waals surface area (Å²) in [5.74, 6) is -0.225. The van der Waals surface area contributed by atoms with Crippen molar-refractivity contribution in [2.45, 2.75) is 26.8 Å². The molecule has 1 amide bonds. The highest BCUT2D eigenvalue weighted by Crippen LogP contribution is 2.23. The first kappa shape index (κ1) is 14.7. The third-order valence-corrected chi connectivity index (χ3v) is 3.05. The monoisotopic (exact) mass is 313 g/mol. The van der Waals surface area contributed by atoms with Gasteiger partial charge in [0.25, 0.3) is 0 Å². The molecule has 0 saturated heterocycles. The quantitative estimate of drug-likeness (QED) is 0.841. The summed E-state index contributed by atoms with van der Waals surface area (Å²) in [4.78, 5) is 23.1. The molecule has 98 valence electrons. The third-order valence-electron chi connectivity index (χ3n) is 2.52. The molecule has 2 N–H and O–H groups in total. The molecule has 4 nitrogen and oxygen atoms in total. The normalized spacial score (nSPS) is 12.9. The Morgan fingerprint density at radius 2 is 1.72 bits per heavy atom. The third kappa shape index (κ3) is 3.84. The highest BCUT2D eigenvalue weighted by Gasteiger charge is 2.33. The summed E-state index contributed by atoms with van der Waals surface area (Å²) >= 11 is 3.29. The van der Waals surface area contributed by atoms with Gasteiger partial charge in [-0.05, 0) is 17.5 Å². The van der Waals surface area contributed by atoms with Gasteiger partial charge in [-0.1, -0.05) is 48.8 Å². The Morgan fingerprint density at radius 3 is 2.11 bits per heavy atom. The van der Waals surface area contributed by atoms with Crippen LogP contribution >= 0.6 is 15.9 Å². The van der Waals surface area contributed by atoms with Crippen LogP contribution in [0.4, 0.5) is 4.79 Å². The lowest BCUT2D eigenvalue weighted by molar-refractivity contribution is 0.0857. The van der Waals surface area contributed by atoms with Crippen molar-refractivity contribution in [3.8, 4) is 0 Å². The Labute approximate surface area is 115 Å². The summed E-state index contributed by atoms with van der Waals surface area (Å²) in [6.07, 6.45) is -1.19. The zero-order valence-electron chi connectivity index (χ0n) is 10.5. The van der Waals surface area contributed by atoms with Crippen LogP contribution < -0.4 is 5.32 Å². The fraction of sp³-hybridized carbons (Fsp3) is 0.385. The first-order chi connectivity index (χ1) is 8.21. The van der Waals surface area contributed by atoms with E-state index in [0.717, 1.165) is 4.47 Å². The molecule has 0 radical (unpaired) electrons. The maximum atomic E-state index is 12.3. The number of hydrogen-bond acceptors (Lipinski definition) is 2. The average molecular weight is 314 g/mol. The second-order valence-corrected chi connectivity index (χ2v) is 6.04. The summed E-state index contributed by atoms with van der Waals surface area (Å²) < 4.78 is 0.873. The van der Waals surface area contributed by atoms with Crippen LogP contribution in [0.5, 0.6) is 0 Å². The minimum Gasteiger partial charge on any atom is -0.465 e. The van der Waals surface area contributed by atoms with Crippen molar-refractivity contribution >= 4 is 27.8 Å². The number of nitrogens with one attached hydrogen (secondary N) is 1. The lowest BCUT2D eigenvalue weighted by Crippen LogP contribution is -2.48. The topological polar surface area (TPSA) is 66.4 Å². The van der Waals surface area contributed by atoms with Gasteiger partial charge < -0.3 is 10.4 Å². The zero-order valence-corrected chi connectivity index (χ0v) is 12.1. The number of amides is 1. The molecule has 0 aliphatic rings.